The van der Waals surface area contributed by atoms with Crippen molar-refractivity contribution >= 4 is 5.69 Å². The van der Waals surface area contributed by atoms with Crippen molar-refractivity contribution in [2.45, 2.75) is 38.1 Å². The summed E-state index contributed by atoms with van der Waals surface area (Å²) in [5, 5.41) is 21.5. The van der Waals surface area contributed by atoms with E-state index in [9.17, 15) is 5.26 Å². The van der Waals surface area contributed by atoms with Gasteiger partial charge in [-0.2, -0.15) is 10.5 Å². The molecule has 18 heavy (non-hydrogen) atoms. The quantitative estimate of drug-likeness (QED) is 0.804. The smallest absolute Gasteiger partial charge is 0.0992 e. The SMILES string of the molecule is N#Cc1cccc(NC2CCCCCC2C#N)c1. The van der Waals surface area contributed by atoms with Gasteiger partial charge in [0.25, 0.3) is 0 Å². The van der Waals surface area contributed by atoms with Gasteiger partial charge in [-0.05, 0) is 31.0 Å². The van der Waals surface area contributed by atoms with Crippen LogP contribution in [-0.4, -0.2) is 6.04 Å². The van der Waals surface area contributed by atoms with Crippen LogP contribution in [0.1, 0.15) is 37.7 Å². The van der Waals surface area contributed by atoms with Gasteiger partial charge in [0.1, 0.15) is 0 Å². The Balaban J connectivity index is 2.11. The van der Waals surface area contributed by atoms with E-state index in [4.69, 9.17) is 5.26 Å². The maximum atomic E-state index is 9.22. The van der Waals surface area contributed by atoms with Crippen LogP contribution in [0.3, 0.4) is 0 Å². The Morgan fingerprint density at radius 1 is 1.11 bits per heavy atom. The predicted octanol–water partition coefficient (Wildman–Crippen LogP) is 3.44. The molecular weight excluding hydrogens is 222 g/mol. The molecule has 0 radical (unpaired) electrons. The number of hydrogen-bond donors (Lipinski definition) is 1. The molecule has 1 saturated carbocycles. The number of benzene rings is 1. The molecule has 0 aromatic heterocycles. The number of nitriles is 2. The van der Waals surface area contributed by atoms with E-state index in [2.05, 4.69) is 17.5 Å². The van der Waals surface area contributed by atoms with Gasteiger partial charge in [0.2, 0.25) is 0 Å². The molecule has 0 heterocycles. The molecule has 0 spiro atoms. The van der Waals surface area contributed by atoms with Gasteiger partial charge in [-0.3, -0.25) is 0 Å². The zero-order valence-electron chi connectivity index (χ0n) is 10.4. The minimum Gasteiger partial charge on any atom is -0.381 e. The lowest BCUT2D eigenvalue weighted by Crippen LogP contribution is -2.27. The van der Waals surface area contributed by atoms with Gasteiger partial charge in [-0.25, -0.2) is 0 Å². The van der Waals surface area contributed by atoms with Crippen LogP contribution in [0.25, 0.3) is 0 Å². The molecule has 1 aliphatic rings. The van der Waals surface area contributed by atoms with Crippen LogP contribution in [0.2, 0.25) is 0 Å². The summed E-state index contributed by atoms with van der Waals surface area (Å²) in [5.74, 6) is 0.0817. The Kier molecular flexibility index (Phi) is 4.20. The highest BCUT2D eigenvalue weighted by Gasteiger charge is 2.23. The molecule has 2 atom stereocenters. The maximum absolute atomic E-state index is 9.22. The number of nitrogens with zero attached hydrogens (tertiary/aromatic N) is 2. The van der Waals surface area contributed by atoms with E-state index in [-0.39, 0.29) is 12.0 Å². The first kappa shape index (κ1) is 12.5. The Morgan fingerprint density at radius 2 is 1.94 bits per heavy atom. The summed E-state index contributed by atoms with van der Waals surface area (Å²) in [6.45, 7) is 0. The van der Waals surface area contributed by atoms with Crippen molar-refractivity contribution in [1.29, 1.82) is 10.5 Å². The third-order valence-corrected chi connectivity index (χ3v) is 3.53. The van der Waals surface area contributed by atoms with Gasteiger partial charge in [0.15, 0.2) is 0 Å². The van der Waals surface area contributed by atoms with Gasteiger partial charge in [-0.1, -0.05) is 25.3 Å². The highest BCUT2D eigenvalue weighted by molar-refractivity contribution is 5.50. The summed E-state index contributed by atoms with van der Waals surface area (Å²) in [5.41, 5.74) is 1.60. The van der Waals surface area contributed by atoms with Crippen molar-refractivity contribution in [3.8, 4) is 12.1 Å². The van der Waals surface area contributed by atoms with Gasteiger partial charge in [0, 0.05) is 11.7 Å². The summed E-state index contributed by atoms with van der Waals surface area (Å²) in [6.07, 6.45) is 5.55. The Bertz CT molecular complexity index is 481. The highest BCUT2D eigenvalue weighted by atomic mass is 14.9. The molecule has 1 N–H and O–H groups in total. The Labute approximate surface area is 108 Å². The zero-order valence-corrected chi connectivity index (χ0v) is 10.4. The molecule has 1 aromatic rings. The van der Waals surface area contributed by atoms with E-state index in [0.717, 1.165) is 24.9 Å². The fourth-order valence-electron chi connectivity index (χ4n) is 2.53. The minimum absolute atomic E-state index is 0.0817. The molecule has 2 unspecified atom stereocenters. The van der Waals surface area contributed by atoms with Crippen molar-refractivity contribution in [2.24, 2.45) is 5.92 Å². The normalized spacial score (nSPS) is 23.4. The lowest BCUT2D eigenvalue weighted by atomic mass is 9.96. The van der Waals surface area contributed by atoms with Crippen LogP contribution in [0, 0.1) is 28.6 Å². The van der Waals surface area contributed by atoms with Crippen LogP contribution in [0.15, 0.2) is 24.3 Å². The predicted molar refractivity (Wildman–Crippen MR) is 70.8 cm³/mol. The second-order valence-electron chi connectivity index (χ2n) is 4.82. The molecule has 1 fully saturated rings. The molecule has 92 valence electrons. The van der Waals surface area contributed by atoms with Crippen LogP contribution in [0.4, 0.5) is 5.69 Å². The summed E-state index contributed by atoms with van der Waals surface area (Å²) < 4.78 is 0. The molecule has 0 amide bonds. The fourth-order valence-corrected chi connectivity index (χ4v) is 2.53. The molecule has 0 bridgehead atoms. The van der Waals surface area contributed by atoms with E-state index >= 15 is 0 Å². The lowest BCUT2D eigenvalue weighted by Gasteiger charge is -2.22. The van der Waals surface area contributed by atoms with Gasteiger partial charge < -0.3 is 5.32 Å². The molecule has 1 aromatic carbocycles. The first-order chi connectivity index (χ1) is 8.83. The monoisotopic (exact) mass is 239 g/mol. The first-order valence-electron chi connectivity index (χ1n) is 6.50. The Hall–Kier alpha value is -2.00. The van der Waals surface area contributed by atoms with Crippen molar-refractivity contribution in [3.05, 3.63) is 29.8 Å². The zero-order chi connectivity index (χ0) is 12.8. The number of hydrogen-bond acceptors (Lipinski definition) is 3. The average molecular weight is 239 g/mol. The van der Waals surface area contributed by atoms with Gasteiger partial charge >= 0.3 is 0 Å². The van der Waals surface area contributed by atoms with Crippen molar-refractivity contribution < 1.29 is 0 Å². The van der Waals surface area contributed by atoms with Crippen LogP contribution >= 0.6 is 0 Å². The van der Waals surface area contributed by atoms with Gasteiger partial charge in [0.05, 0.1) is 23.6 Å². The van der Waals surface area contributed by atoms with Crippen LogP contribution in [0.5, 0.6) is 0 Å². The molecule has 3 nitrogen and oxygen atoms in total. The summed E-state index contributed by atoms with van der Waals surface area (Å²) in [7, 11) is 0. The van der Waals surface area contributed by atoms with Crippen molar-refractivity contribution in [2.75, 3.05) is 5.32 Å². The summed E-state index contributed by atoms with van der Waals surface area (Å²) >= 11 is 0. The Morgan fingerprint density at radius 3 is 2.72 bits per heavy atom. The average Bonchev–Trinajstić information content (AvgIpc) is 2.64. The second kappa shape index (κ2) is 6.07. The standard InChI is InChI=1S/C15H17N3/c16-10-12-5-4-7-14(9-12)18-15-8-3-1-2-6-13(15)11-17/h4-5,7,9,13,15,18H,1-3,6,8H2. The van der Waals surface area contributed by atoms with E-state index in [1.807, 2.05) is 18.2 Å². The van der Waals surface area contributed by atoms with E-state index in [1.165, 1.54) is 12.8 Å². The maximum Gasteiger partial charge on any atom is 0.0992 e. The van der Waals surface area contributed by atoms with E-state index < -0.39 is 0 Å². The third-order valence-electron chi connectivity index (χ3n) is 3.53. The molecular formula is C15H17N3. The lowest BCUT2D eigenvalue weighted by molar-refractivity contribution is 0.514. The molecule has 1 aliphatic carbocycles. The summed E-state index contributed by atoms with van der Waals surface area (Å²) in [4.78, 5) is 0. The summed E-state index contributed by atoms with van der Waals surface area (Å²) in [6, 6.07) is 12.2. The van der Waals surface area contributed by atoms with Crippen molar-refractivity contribution in [1.82, 2.24) is 0 Å². The number of nitrogens with one attached hydrogen (secondary N) is 1. The number of anilines is 1. The van der Waals surface area contributed by atoms with E-state index in [1.54, 1.807) is 6.07 Å². The largest absolute Gasteiger partial charge is 0.381 e. The van der Waals surface area contributed by atoms with Crippen LogP contribution < -0.4 is 5.32 Å². The molecule has 0 aliphatic heterocycles. The minimum atomic E-state index is 0.0817. The molecule has 2 rings (SSSR count). The third kappa shape index (κ3) is 3.02. The highest BCUT2D eigenvalue weighted by Crippen LogP contribution is 2.26. The fraction of sp³-hybridized carbons (Fsp3) is 0.467. The topological polar surface area (TPSA) is 59.6 Å². The van der Waals surface area contributed by atoms with Gasteiger partial charge in [-0.15, -0.1) is 0 Å². The second-order valence-corrected chi connectivity index (χ2v) is 4.82. The molecule has 3 heteroatoms. The molecule has 0 saturated heterocycles. The van der Waals surface area contributed by atoms with Crippen LogP contribution in [-0.2, 0) is 0 Å². The van der Waals surface area contributed by atoms with E-state index in [0.29, 0.717) is 5.56 Å². The first-order valence-corrected chi connectivity index (χ1v) is 6.50. The van der Waals surface area contributed by atoms with Crippen molar-refractivity contribution in [3.63, 3.8) is 0 Å². The number of rotatable bonds is 2.